The minimum Gasteiger partial charge on any atom is -0.349 e. The lowest BCUT2D eigenvalue weighted by molar-refractivity contribution is -0.118. The number of amides is 2. The minimum atomic E-state index is -5.09. The van der Waals surface area contributed by atoms with Crippen molar-refractivity contribution >= 4 is 61.6 Å². The Balaban J connectivity index is 1.10. The van der Waals surface area contributed by atoms with Crippen LogP contribution in [0.3, 0.4) is 0 Å². The van der Waals surface area contributed by atoms with Crippen molar-refractivity contribution < 1.29 is 60.1 Å². The summed E-state index contributed by atoms with van der Waals surface area (Å²) in [6.45, 7) is 1.22. The number of H-pyrrole nitrogens is 1. The van der Waals surface area contributed by atoms with E-state index in [0.29, 0.717) is 5.56 Å². The highest BCUT2D eigenvalue weighted by Gasteiger charge is 2.53. The van der Waals surface area contributed by atoms with Crippen LogP contribution in [0.5, 0.6) is 0 Å². The summed E-state index contributed by atoms with van der Waals surface area (Å²) in [6.07, 6.45) is -8.23. The van der Waals surface area contributed by atoms with Crippen LogP contribution in [0.1, 0.15) is 49.5 Å². The summed E-state index contributed by atoms with van der Waals surface area (Å²) in [5, 5.41) is 14.3. The number of nitrogens with one attached hydrogen (secondary N) is 3. The van der Waals surface area contributed by atoms with Crippen LogP contribution in [0, 0.1) is 17.2 Å². The molecule has 2 amide bonds. The van der Waals surface area contributed by atoms with Gasteiger partial charge in [0.15, 0.2) is 46.8 Å². The van der Waals surface area contributed by atoms with Crippen molar-refractivity contribution in [2.75, 3.05) is 30.5 Å². The molecular weight excluding hydrogens is 851 g/mol. The van der Waals surface area contributed by atoms with Gasteiger partial charge in [0.1, 0.15) is 24.6 Å². The van der Waals surface area contributed by atoms with Crippen molar-refractivity contribution in [1.29, 1.82) is 5.26 Å². The first-order valence-corrected chi connectivity index (χ1v) is 21.5. The molecule has 4 aromatic heterocycles. The number of hydrogen-bond acceptors (Lipinski definition) is 18. The Morgan fingerprint density at radius 2 is 1.75 bits per heavy atom. The maximum Gasteiger partial charge on any atom is 0.475 e. The van der Waals surface area contributed by atoms with Gasteiger partial charge in [0.05, 0.1) is 51.1 Å². The van der Waals surface area contributed by atoms with E-state index >= 15 is 4.39 Å². The molecule has 5 aromatic rings. The number of halogens is 1. The second-order valence-electron chi connectivity index (χ2n) is 14.1. The Bertz CT molecular complexity index is 2660. The topological polar surface area (TPSA) is 308 Å². The van der Waals surface area contributed by atoms with Crippen molar-refractivity contribution in [3.05, 3.63) is 65.2 Å². The number of alkyl halides is 1. The number of aromatic amines is 1. The fourth-order valence-electron chi connectivity index (χ4n) is 6.65. The van der Waals surface area contributed by atoms with E-state index in [2.05, 4.69) is 40.5 Å². The molecule has 3 saturated heterocycles. The summed E-state index contributed by atoms with van der Waals surface area (Å²) in [7, 11) is -9.96. The SMILES string of the molecule is CC(C)C(=O)Nc1nc2c(ncn2[C@@H]2O[C@@H]3COP(=O)(O)O[C@@H]4C[C@@H](COP(=O)(OCCC#N)O[C@@H]2[C@@H]3F)O[C@H]4n2cnc3c(NC(=O)c4ccccc4)ncnc32)c(=O)[nH]1. The molecule has 0 aliphatic carbocycles. The van der Waals surface area contributed by atoms with E-state index in [9.17, 15) is 33.7 Å². The number of anilines is 2. The molecule has 0 radical (unpaired) electrons. The van der Waals surface area contributed by atoms with Crippen LogP contribution in [0.15, 0.2) is 54.1 Å². The number of carbonyl (C=O) groups is 2. The fourth-order valence-corrected chi connectivity index (χ4v) is 8.96. The van der Waals surface area contributed by atoms with Gasteiger partial charge in [0, 0.05) is 17.9 Å². The number of aromatic nitrogens is 8. The quantitative estimate of drug-likeness (QED) is 0.122. The van der Waals surface area contributed by atoms with Crippen LogP contribution >= 0.6 is 15.6 Å². The first-order valence-electron chi connectivity index (χ1n) is 18.6. The molecule has 7 heterocycles. The van der Waals surface area contributed by atoms with Crippen molar-refractivity contribution in [1.82, 2.24) is 39.0 Å². The number of benzene rings is 1. The number of imidazole rings is 2. The van der Waals surface area contributed by atoms with Gasteiger partial charge in [-0.15, -0.1) is 0 Å². The molecule has 27 heteroatoms. The number of nitrogens with zero attached hydrogens (tertiary/aromatic N) is 8. The molecule has 9 atom stereocenters. The molecule has 0 saturated carbocycles. The molecule has 322 valence electrons. The predicted octanol–water partition coefficient (Wildman–Crippen LogP) is 3.29. The molecule has 8 rings (SSSR count). The summed E-state index contributed by atoms with van der Waals surface area (Å²) >= 11 is 0. The van der Waals surface area contributed by atoms with Crippen LogP contribution in [0.25, 0.3) is 22.3 Å². The highest BCUT2D eigenvalue weighted by Crippen LogP contribution is 2.56. The number of carbonyl (C=O) groups excluding carboxylic acids is 2. The van der Waals surface area contributed by atoms with Gasteiger partial charge in [-0.25, -0.2) is 33.5 Å². The summed E-state index contributed by atoms with van der Waals surface area (Å²) in [5.41, 5.74) is -0.647. The smallest absolute Gasteiger partial charge is 0.349 e. The van der Waals surface area contributed by atoms with Gasteiger partial charge >= 0.3 is 15.6 Å². The fraction of sp³-hybridized carbons (Fsp3) is 0.441. The average Bonchev–Trinajstić information content (AvgIpc) is 4.01. The molecule has 3 fully saturated rings. The second-order valence-corrected chi connectivity index (χ2v) is 17.1. The van der Waals surface area contributed by atoms with Gasteiger partial charge in [-0.1, -0.05) is 32.0 Å². The maximum atomic E-state index is 16.5. The zero-order valence-electron chi connectivity index (χ0n) is 32.0. The number of phosphoric ester groups is 2. The van der Waals surface area contributed by atoms with E-state index in [0.717, 1.165) is 17.2 Å². The number of ether oxygens (including phenoxy) is 2. The normalized spacial score (nSPS) is 29.3. The summed E-state index contributed by atoms with van der Waals surface area (Å²) in [6, 6.07) is 10.2. The third-order valence-corrected chi connectivity index (χ3v) is 12.1. The van der Waals surface area contributed by atoms with E-state index in [4.69, 9.17) is 32.1 Å². The van der Waals surface area contributed by atoms with Crippen molar-refractivity contribution in [2.24, 2.45) is 5.92 Å². The molecule has 61 heavy (non-hydrogen) atoms. The Labute approximate surface area is 342 Å². The molecular formula is C34H36FN11O13P2. The monoisotopic (exact) mass is 887 g/mol. The van der Waals surface area contributed by atoms with E-state index in [-0.39, 0.29) is 46.9 Å². The van der Waals surface area contributed by atoms with E-state index in [1.807, 2.05) is 6.07 Å². The van der Waals surface area contributed by atoms with Crippen LogP contribution in [0.2, 0.25) is 0 Å². The first-order chi connectivity index (χ1) is 29.2. The number of rotatable bonds is 9. The van der Waals surface area contributed by atoms with Crippen molar-refractivity contribution in [3.8, 4) is 6.07 Å². The zero-order chi connectivity index (χ0) is 43.1. The summed E-state index contributed by atoms with van der Waals surface area (Å²) in [5.74, 6) is -1.67. The molecule has 4 N–H and O–H groups in total. The molecule has 0 spiro atoms. The van der Waals surface area contributed by atoms with Gasteiger partial charge in [-0.3, -0.25) is 56.4 Å². The van der Waals surface area contributed by atoms with Gasteiger partial charge in [-0.05, 0) is 12.1 Å². The van der Waals surface area contributed by atoms with Gasteiger partial charge in [0.25, 0.3) is 11.5 Å². The molecule has 2 unspecified atom stereocenters. The largest absolute Gasteiger partial charge is 0.475 e. The molecule has 3 aliphatic heterocycles. The highest BCUT2D eigenvalue weighted by atomic mass is 31.2. The van der Waals surface area contributed by atoms with Gasteiger partial charge in [0.2, 0.25) is 11.9 Å². The standard InChI is InChI=1S/C34H36FN11O13P2/c1-17(2)29(47)43-34-42-28-24(31(49)44-34)40-16-46(28)33-25-22(35)21(57-33)13-54-60(50,51)58-20-11-19(12-55-61(52,59-25)53-10-6-9-36)56-32(20)45-15-39-23-26(37-14-38-27(23)45)41-30(48)18-7-4-3-5-8-18/h3-5,7-8,14-17,19-22,25,32-33H,6,10-13H2,1-2H3,(H,50,51)(H,37,38,41,48)(H2,42,43,44,47,49)/t19-,20+,21+,22+,25+,32+,33+,61?/m0/s1. The Morgan fingerprint density at radius 1 is 1.00 bits per heavy atom. The second kappa shape index (κ2) is 17.2. The van der Waals surface area contributed by atoms with Crippen LogP contribution in [0.4, 0.5) is 16.2 Å². The molecule has 24 nitrogen and oxygen atoms in total. The zero-order valence-corrected chi connectivity index (χ0v) is 33.8. The lowest BCUT2D eigenvalue weighted by Gasteiger charge is -2.26. The molecule has 4 bridgehead atoms. The van der Waals surface area contributed by atoms with Crippen LogP contribution < -0.4 is 16.2 Å². The third-order valence-electron chi connectivity index (χ3n) is 9.59. The Hall–Kier alpha value is -5.38. The number of fused-ring (bicyclic) bond motifs is 6. The number of phosphoric acid groups is 2. The number of nitriles is 1. The highest BCUT2D eigenvalue weighted by molar-refractivity contribution is 7.48. The number of hydrogen-bond donors (Lipinski definition) is 4. The Morgan fingerprint density at radius 3 is 2.51 bits per heavy atom. The van der Waals surface area contributed by atoms with E-state index in [1.54, 1.807) is 44.2 Å². The minimum absolute atomic E-state index is 0.0499. The molecule has 1 aromatic carbocycles. The van der Waals surface area contributed by atoms with Crippen molar-refractivity contribution in [3.63, 3.8) is 0 Å². The molecule has 3 aliphatic rings. The summed E-state index contributed by atoms with van der Waals surface area (Å²) in [4.78, 5) is 72.8. The lowest BCUT2D eigenvalue weighted by atomic mass is 10.1. The van der Waals surface area contributed by atoms with E-state index in [1.165, 1.54) is 10.9 Å². The lowest BCUT2D eigenvalue weighted by Crippen LogP contribution is -2.33. The van der Waals surface area contributed by atoms with Crippen LogP contribution in [-0.2, 0) is 46.0 Å². The van der Waals surface area contributed by atoms with Crippen LogP contribution in [-0.4, -0.2) is 106 Å². The average molecular weight is 888 g/mol. The predicted molar refractivity (Wildman–Crippen MR) is 204 cm³/mol. The van der Waals surface area contributed by atoms with Gasteiger partial charge in [-0.2, -0.15) is 10.2 Å². The van der Waals surface area contributed by atoms with Crippen molar-refractivity contribution in [2.45, 2.75) is 69.7 Å². The first kappa shape index (κ1) is 42.3. The Kier molecular flexibility index (Phi) is 11.9. The summed E-state index contributed by atoms with van der Waals surface area (Å²) < 4.78 is 86.9. The van der Waals surface area contributed by atoms with E-state index < -0.39 is 102 Å². The van der Waals surface area contributed by atoms with Gasteiger partial charge < -0.3 is 19.7 Å². The third kappa shape index (κ3) is 8.86. The maximum absolute atomic E-state index is 16.5.